The van der Waals surface area contributed by atoms with Crippen molar-refractivity contribution in [3.63, 3.8) is 0 Å². The van der Waals surface area contributed by atoms with E-state index in [9.17, 15) is 4.79 Å². The number of amides is 1. The van der Waals surface area contributed by atoms with Gasteiger partial charge in [0.1, 0.15) is 23.5 Å². The number of rotatable bonds is 3. The molecule has 3 rings (SSSR count). The number of hydrogen-bond acceptors (Lipinski definition) is 5. The molecular weight excluding hydrogens is 268 g/mol. The first-order chi connectivity index (χ1) is 10.2. The molecule has 0 saturated heterocycles. The summed E-state index contributed by atoms with van der Waals surface area (Å²) in [6, 6.07) is 7.87. The standard InChI is InChI=1S/C15H16N4O2/c1-18-10-19(8-11-3-5-12(21-2)6-4-11)14-13(15(18)20)7-16-9-17-14/h3-7,9H,8,10H2,1-2H3. The van der Waals surface area contributed by atoms with Gasteiger partial charge in [0.2, 0.25) is 0 Å². The van der Waals surface area contributed by atoms with Crippen molar-refractivity contribution in [3.05, 3.63) is 47.9 Å². The van der Waals surface area contributed by atoms with E-state index in [0.717, 1.165) is 11.3 Å². The van der Waals surface area contributed by atoms with Gasteiger partial charge in [0.05, 0.1) is 13.8 Å². The second-order valence-electron chi connectivity index (χ2n) is 4.95. The summed E-state index contributed by atoms with van der Waals surface area (Å²) < 4.78 is 5.16. The Morgan fingerprint density at radius 2 is 2.05 bits per heavy atom. The van der Waals surface area contributed by atoms with Crippen LogP contribution in [0.3, 0.4) is 0 Å². The number of fused-ring (bicyclic) bond motifs is 1. The molecule has 2 aromatic rings. The van der Waals surface area contributed by atoms with Crippen molar-refractivity contribution in [2.75, 3.05) is 25.7 Å². The van der Waals surface area contributed by atoms with E-state index in [2.05, 4.69) is 14.9 Å². The molecule has 0 unspecified atom stereocenters. The predicted molar refractivity (Wildman–Crippen MR) is 78.2 cm³/mol. The summed E-state index contributed by atoms with van der Waals surface area (Å²) in [4.78, 5) is 24.0. The Morgan fingerprint density at radius 1 is 1.29 bits per heavy atom. The highest BCUT2D eigenvalue weighted by Gasteiger charge is 2.28. The van der Waals surface area contributed by atoms with Gasteiger partial charge in [0.25, 0.3) is 5.91 Å². The molecule has 0 fully saturated rings. The molecule has 0 radical (unpaired) electrons. The Morgan fingerprint density at radius 3 is 2.76 bits per heavy atom. The highest BCUT2D eigenvalue weighted by Crippen LogP contribution is 2.25. The lowest BCUT2D eigenvalue weighted by Gasteiger charge is -2.34. The average Bonchev–Trinajstić information content (AvgIpc) is 2.53. The second-order valence-corrected chi connectivity index (χ2v) is 4.95. The fourth-order valence-corrected chi connectivity index (χ4v) is 2.40. The summed E-state index contributed by atoms with van der Waals surface area (Å²) in [5.41, 5.74) is 1.67. The van der Waals surface area contributed by atoms with Crippen molar-refractivity contribution in [1.29, 1.82) is 0 Å². The van der Waals surface area contributed by atoms with Crippen LogP contribution in [-0.4, -0.2) is 41.6 Å². The third-order valence-corrected chi connectivity index (χ3v) is 3.48. The molecule has 1 aromatic heterocycles. The van der Waals surface area contributed by atoms with Crippen LogP contribution in [-0.2, 0) is 6.54 Å². The molecular formula is C15H16N4O2. The molecule has 21 heavy (non-hydrogen) atoms. The fourth-order valence-electron chi connectivity index (χ4n) is 2.40. The van der Waals surface area contributed by atoms with Crippen LogP contribution in [0.4, 0.5) is 5.82 Å². The zero-order valence-corrected chi connectivity index (χ0v) is 12.0. The van der Waals surface area contributed by atoms with E-state index in [1.165, 1.54) is 6.33 Å². The molecule has 6 heteroatoms. The number of carbonyl (C=O) groups excluding carboxylic acids is 1. The average molecular weight is 284 g/mol. The van der Waals surface area contributed by atoms with Crippen LogP contribution in [0.25, 0.3) is 0 Å². The summed E-state index contributed by atoms with van der Waals surface area (Å²) in [6.45, 7) is 1.18. The van der Waals surface area contributed by atoms with Gasteiger partial charge < -0.3 is 14.5 Å². The largest absolute Gasteiger partial charge is 0.497 e. The van der Waals surface area contributed by atoms with Crippen molar-refractivity contribution in [2.24, 2.45) is 0 Å². The van der Waals surface area contributed by atoms with E-state index in [1.54, 1.807) is 25.3 Å². The first kappa shape index (κ1) is 13.4. The summed E-state index contributed by atoms with van der Waals surface area (Å²) in [5, 5.41) is 0. The molecule has 0 N–H and O–H groups in total. The zero-order valence-electron chi connectivity index (χ0n) is 12.0. The Labute approximate surface area is 123 Å². The van der Waals surface area contributed by atoms with Gasteiger partial charge in [-0.3, -0.25) is 4.79 Å². The maximum Gasteiger partial charge on any atom is 0.260 e. The third kappa shape index (κ3) is 2.52. The van der Waals surface area contributed by atoms with Crippen molar-refractivity contribution in [3.8, 4) is 5.75 Å². The van der Waals surface area contributed by atoms with Crippen LogP contribution < -0.4 is 9.64 Å². The monoisotopic (exact) mass is 284 g/mol. The number of ether oxygens (including phenoxy) is 1. The molecule has 1 aromatic carbocycles. The van der Waals surface area contributed by atoms with E-state index in [4.69, 9.17) is 4.74 Å². The van der Waals surface area contributed by atoms with E-state index in [1.807, 2.05) is 24.3 Å². The fraction of sp³-hybridized carbons (Fsp3) is 0.267. The first-order valence-electron chi connectivity index (χ1n) is 6.62. The normalized spacial score (nSPS) is 14.1. The van der Waals surface area contributed by atoms with E-state index in [-0.39, 0.29) is 5.91 Å². The molecule has 0 aliphatic carbocycles. The van der Waals surface area contributed by atoms with Gasteiger partial charge in [-0.1, -0.05) is 12.1 Å². The number of benzene rings is 1. The highest BCUT2D eigenvalue weighted by atomic mass is 16.5. The van der Waals surface area contributed by atoms with Gasteiger partial charge in [-0.05, 0) is 17.7 Å². The summed E-state index contributed by atoms with van der Waals surface area (Å²) >= 11 is 0. The van der Waals surface area contributed by atoms with Crippen LogP contribution in [0.5, 0.6) is 5.75 Å². The second kappa shape index (κ2) is 5.40. The maximum absolute atomic E-state index is 12.1. The van der Waals surface area contributed by atoms with Crippen LogP contribution in [0.2, 0.25) is 0 Å². The van der Waals surface area contributed by atoms with Gasteiger partial charge in [0, 0.05) is 19.8 Å². The van der Waals surface area contributed by atoms with Gasteiger partial charge in [-0.25, -0.2) is 9.97 Å². The van der Waals surface area contributed by atoms with Gasteiger partial charge in [0.15, 0.2) is 0 Å². The Balaban J connectivity index is 1.88. The van der Waals surface area contributed by atoms with Gasteiger partial charge >= 0.3 is 0 Å². The zero-order chi connectivity index (χ0) is 14.8. The number of aromatic nitrogens is 2. The van der Waals surface area contributed by atoms with Gasteiger partial charge in [-0.15, -0.1) is 0 Å². The molecule has 0 atom stereocenters. The Hall–Kier alpha value is -2.63. The molecule has 0 saturated carbocycles. The number of anilines is 1. The van der Waals surface area contributed by atoms with Crippen LogP contribution in [0.1, 0.15) is 15.9 Å². The smallest absolute Gasteiger partial charge is 0.260 e. The molecule has 1 aliphatic rings. The minimum absolute atomic E-state index is 0.0448. The van der Waals surface area contributed by atoms with Crippen LogP contribution in [0, 0.1) is 0 Å². The van der Waals surface area contributed by atoms with E-state index in [0.29, 0.717) is 24.6 Å². The third-order valence-electron chi connectivity index (χ3n) is 3.48. The lowest BCUT2D eigenvalue weighted by Crippen LogP contribution is -2.44. The Bertz CT molecular complexity index is 657. The molecule has 108 valence electrons. The molecule has 6 nitrogen and oxygen atoms in total. The van der Waals surface area contributed by atoms with Crippen LogP contribution >= 0.6 is 0 Å². The highest BCUT2D eigenvalue weighted by molar-refractivity contribution is 6.00. The first-order valence-corrected chi connectivity index (χ1v) is 6.62. The lowest BCUT2D eigenvalue weighted by atomic mass is 10.1. The molecule has 2 heterocycles. The van der Waals surface area contributed by atoms with Gasteiger partial charge in [-0.2, -0.15) is 0 Å². The summed E-state index contributed by atoms with van der Waals surface area (Å²) in [5.74, 6) is 1.47. The minimum atomic E-state index is -0.0448. The van der Waals surface area contributed by atoms with Crippen molar-refractivity contribution < 1.29 is 9.53 Å². The SMILES string of the molecule is COc1ccc(CN2CN(C)C(=O)c3cncnc32)cc1. The Kier molecular flexibility index (Phi) is 3.43. The molecule has 1 amide bonds. The quantitative estimate of drug-likeness (QED) is 0.855. The summed E-state index contributed by atoms with van der Waals surface area (Å²) in [6.07, 6.45) is 3.04. The minimum Gasteiger partial charge on any atom is -0.497 e. The number of methoxy groups -OCH3 is 1. The van der Waals surface area contributed by atoms with E-state index < -0.39 is 0 Å². The molecule has 1 aliphatic heterocycles. The molecule has 0 spiro atoms. The van der Waals surface area contributed by atoms with Crippen molar-refractivity contribution in [1.82, 2.24) is 14.9 Å². The molecule has 0 bridgehead atoms. The summed E-state index contributed by atoms with van der Waals surface area (Å²) in [7, 11) is 3.42. The van der Waals surface area contributed by atoms with Crippen molar-refractivity contribution >= 4 is 11.7 Å². The maximum atomic E-state index is 12.1. The topological polar surface area (TPSA) is 58.6 Å². The lowest BCUT2D eigenvalue weighted by molar-refractivity contribution is 0.0780. The van der Waals surface area contributed by atoms with E-state index >= 15 is 0 Å². The number of nitrogens with zero attached hydrogens (tertiary/aromatic N) is 4. The van der Waals surface area contributed by atoms with Crippen molar-refractivity contribution in [2.45, 2.75) is 6.54 Å². The number of carbonyl (C=O) groups is 1. The van der Waals surface area contributed by atoms with Crippen LogP contribution in [0.15, 0.2) is 36.8 Å². The number of hydrogen-bond donors (Lipinski definition) is 0. The predicted octanol–water partition coefficient (Wildman–Crippen LogP) is 1.53.